The van der Waals surface area contributed by atoms with Gasteiger partial charge < -0.3 is 10.4 Å². The van der Waals surface area contributed by atoms with Crippen LogP contribution in [0.5, 0.6) is 0 Å². The largest absolute Gasteiger partial charge is 0.476 e. The van der Waals surface area contributed by atoms with E-state index in [1.807, 2.05) is 0 Å². The Hall–Kier alpha value is -2.84. The number of carbonyl (C=O) groups is 4. The van der Waals surface area contributed by atoms with E-state index in [4.69, 9.17) is 5.11 Å². The van der Waals surface area contributed by atoms with E-state index in [0.29, 0.717) is 0 Å². The number of amides is 3. The molecule has 110 valence electrons. The smallest absolute Gasteiger partial charge is 0.358 e. The van der Waals surface area contributed by atoms with Gasteiger partial charge in [0.2, 0.25) is 17.7 Å². The Morgan fingerprint density at radius 3 is 2.43 bits per heavy atom. The Balaban J connectivity index is 1.95. The molecule has 1 aliphatic rings. The molecule has 0 radical (unpaired) electrons. The summed E-state index contributed by atoms with van der Waals surface area (Å²) in [6.45, 7) is -0.0355. The Kier molecular flexibility index (Phi) is 4.21. The van der Waals surface area contributed by atoms with Crippen molar-refractivity contribution in [3.63, 3.8) is 0 Å². The molecule has 1 aliphatic heterocycles. The van der Waals surface area contributed by atoms with Gasteiger partial charge in [-0.1, -0.05) is 0 Å². The summed E-state index contributed by atoms with van der Waals surface area (Å²) in [7, 11) is 0. The SMILES string of the molecule is O=C(CCN1C(=O)CCC1=O)Nc1nccnc1C(=O)O. The summed E-state index contributed by atoms with van der Waals surface area (Å²) in [5.74, 6) is -2.65. The summed E-state index contributed by atoms with van der Waals surface area (Å²) in [5, 5.41) is 11.2. The van der Waals surface area contributed by atoms with Crippen molar-refractivity contribution in [3.8, 4) is 0 Å². The van der Waals surface area contributed by atoms with Gasteiger partial charge in [-0.25, -0.2) is 14.8 Å². The van der Waals surface area contributed by atoms with Crippen LogP contribution < -0.4 is 5.32 Å². The zero-order chi connectivity index (χ0) is 15.4. The first-order valence-electron chi connectivity index (χ1n) is 6.16. The molecule has 9 nitrogen and oxygen atoms in total. The Morgan fingerprint density at radius 1 is 1.19 bits per heavy atom. The van der Waals surface area contributed by atoms with Crippen molar-refractivity contribution in [1.29, 1.82) is 0 Å². The van der Waals surface area contributed by atoms with Gasteiger partial charge in [0.15, 0.2) is 11.5 Å². The van der Waals surface area contributed by atoms with Crippen LogP contribution in [0.2, 0.25) is 0 Å². The van der Waals surface area contributed by atoms with Crippen LogP contribution in [0.3, 0.4) is 0 Å². The monoisotopic (exact) mass is 292 g/mol. The van der Waals surface area contributed by atoms with Crippen molar-refractivity contribution in [3.05, 3.63) is 18.1 Å². The number of rotatable bonds is 5. The molecule has 2 rings (SSSR count). The highest BCUT2D eigenvalue weighted by molar-refractivity contribution is 6.02. The van der Waals surface area contributed by atoms with Gasteiger partial charge in [0, 0.05) is 38.2 Å². The van der Waals surface area contributed by atoms with Gasteiger partial charge in [-0.2, -0.15) is 0 Å². The van der Waals surface area contributed by atoms with Gasteiger partial charge in [-0.3, -0.25) is 19.3 Å². The maximum atomic E-state index is 11.7. The molecule has 0 unspecified atom stereocenters. The quantitative estimate of drug-likeness (QED) is 0.709. The lowest BCUT2D eigenvalue weighted by Gasteiger charge is -2.13. The number of carboxylic acid groups (broad SMARTS) is 1. The summed E-state index contributed by atoms with van der Waals surface area (Å²) in [5.41, 5.74) is -0.376. The highest BCUT2D eigenvalue weighted by Gasteiger charge is 2.29. The molecule has 1 saturated heterocycles. The second kappa shape index (κ2) is 6.07. The minimum atomic E-state index is -1.32. The summed E-state index contributed by atoms with van der Waals surface area (Å²) < 4.78 is 0. The molecule has 2 heterocycles. The highest BCUT2D eigenvalue weighted by Crippen LogP contribution is 2.13. The molecule has 0 spiro atoms. The molecular formula is C12H12N4O5. The van der Waals surface area contributed by atoms with Crippen molar-refractivity contribution in [1.82, 2.24) is 14.9 Å². The number of aromatic carboxylic acids is 1. The number of nitrogens with one attached hydrogen (secondary N) is 1. The molecule has 2 N–H and O–H groups in total. The normalized spacial score (nSPS) is 14.4. The standard InChI is InChI=1S/C12H12N4O5/c17-7(3-6-16-8(18)1-2-9(16)19)15-11-10(12(20)21)13-4-5-14-11/h4-5H,1-3,6H2,(H,20,21)(H,14,15,17). The lowest BCUT2D eigenvalue weighted by Crippen LogP contribution is -2.32. The molecule has 0 aliphatic carbocycles. The van der Waals surface area contributed by atoms with Gasteiger partial charge in [-0.05, 0) is 0 Å². The van der Waals surface area contributed by atoms with Crippen LogP contribution in [0.25, 0.3) is 0 Å². The van der Waals surface area contributed by atoms with Crippen molar-refractivity contribution < 1.29 is 24.3 Å². The topological polar surface area (TPSA) is 130 Å². The molecule has 1 fully saturated rings. The van der Waals surface area contributed by atoms with Crippen LogP contribution in [0.15, 0.2) is 12.4 Å². The molecule has 0 bridgehead atoms. The zero-order valence-corrected chi connectivity index (χ0v) is 10.9. The van der Waals surface area contributed by atoms with Crippen LogP contribution in [0.4, 0.5) is 5.82 Å². The lowest BCUT2D eigenvalue weighted by atomic mass is 10.3. The van der Waals surface area contributed by atoms with E-state index >= 15 is 0 Å². The van der Waals surface area contributed by atoms with Crippen LogP contribution >= 0.6 is 0 Å². The first-order valence-corrected chi connectivity index (χ1v) is 6.16. The predicted molar refractivity (Wildman–Crippen MR) is 68.2 cm³/mol. The molecule has 3 amide bonds. The van der Waals surface area contributed by atoms with E-state index in [-0.39, 0.29) is 49.1 Å². The Bertz CT molecular complexity index is 599. The maximum absolute atomic E-state index is 11.7. The molecule has 21 heavy (non-hydrogen) atoms. The van der Waals surface area contributed by atoms with Crippen molar-refractivity contribution in [2.24, 2.45) is 0 Å². The van der Waals surface area contributed by atoms with Gasteiger partial charge in [0.05, 0.1) is 0 Å². The van der Waals surface area contributed by atoms with Crippen molar-refractivity contribution in [2.75, 3.05) is 11.9 Å². The number of carboxylic acids is 1. The molecule has 1 aromatic heterocycles. The molecular weight excluding hydrogens is 280 g/mol. The first-order chi connectivity index (χ1) is 9.99. The third-order valence-corrected chi connectivity index (χ3v) is 2.88. The first kappa shape index (κ1) is 14.6. The Labute approximate surface area is 119 Å². The number of hydrogen-bond acceptors (Lipinski definition) is 6. The number of likely N-dealkylation sites (tertiary alicyclic amines) is 1. The van der Waals surface area contributed by atoms with Crippen molar-refractivity contribution in [2.45, 2.75) is 19.3 Å². The van der Waals surface area contributed by atoms with Gasteiger partial charge in [-0.15, -0.1) is 0 Å². The van der Waals surface area contributed by atoms with E-state index in [1.54, 1.807) is 0 Å². The van der Waals surface area contributed by atoms with Crippen LogP contribution in [0.1, 0.15) is 29.8 Å². The van der Waals surface area contributed by atoms with Gasteiger partial charge in [0.25, 0.3) is 0 Å². The molecule has 0 atom stereocenters. The van der Waals surface area contributed by atoms with Crippen molar-refractivity contribution >= 4 is 29.5 Å². The maximum Gasteiger partial charge on any atom is 0.358 e. The fraction of sp³-hybridized carbons (Fsp3) is 0.333. The fourth-order valence-electron chi connectivity index (χ4n) is 1.87. The number of anilines is 1. The molecule has 9 heteroatoms. The number of imide groups is 1. The number of nitrogens with zero attached hydrogens (tertiary/aromatic N) is 3. The number of carbonyl (C=O) groups excluding carboxylic acids is 3. The molecule has 0 saturated carbocycles. The van der Waals surface area contributed by atoms with Crippen LogP contribution in [-0.2, 0) is 14.4 Å². The van der Waals surface area contributed by atoms with Gasteiger partial charge in [0.1, 0.15) is 0 Å². The second-order valence-electron chi connectivity index (χ2n) is 4.30. The average Bonchev–Trinajstić information content (AvgIpc) is 2.76. The predicted octanol–water partition coefficient (Wildman–Crippen LogP) is -0.348. The zero-order valence-electron chi connectivity index (χ0n) is 10.9. The number of hydrogen-bond donors (Lipinski definition) is 2. The minimum absolute atomic E-state index is 0.0355. The summed E-state index contributed by atoms with van der Waals surface area (Å²) in [6, 6.07) is 0. The van der Waals surface area contributed by atoms with E-state index in [0.717, 1.165) is 4.90 Å². The lowest BCUT2D eigenvalue weighted by molar-refractivity contribution is -0.138. The van der Waals surface area contributed by atoms with Gasteiger partial charge >= 0.3 is 5.97 Å². The molecule has 0 aromatic carbocycles. The average molecular weight is 292 g/mol. The van der Waals surface area contributed by atoms with E-state index in [2.05, 4.69) is 15.3 Å². The minimum Gasteiger partial charge on any atom is -0.476 e. The summed E-state index contributed by atoms with van der Waals surface area (Å²) >= 11 is 0. The van der Waals surface area contributed by atoms with Crippen LogP contribution in [0, 0.1) is 0 Å². The van der Waals surface area contributed by atoms with E-state index in [9.17, 15) is 19.2 Å². The Morgan fingerprint density at radius 2 is 1.81 bits per heavy atom. The third-order valence-electron chi connectivity index (χ3n) is 2.88. The third kappa shape index (κ3) is 3.38. The highest BCUT2D eigenvalue weighted by atomic mass is 16.4. The summed E-state index contributed by atoms with van der Waals surface area (Å²) in [4.78, 5) is 53.7. The number of aromatic nitrogens is 2. The van der Waals surface area contributed by atoms with Crippen LogP contribution in [-0.4, -0.2) is 50.2 Å². The van der Waals surface area contributed by atoms with E-state index < -0.39 is 11.9 Å². The molecule has 1 aromatic rings. The second-order valence-corrected chi connectivity index (χ2v) is 4.30. The van der Waals surface area contributed by atoms with E-state index in [1.165, 1.54) is 12.4 Å². The summed E-state index contributed by atoms with van der Waals surface area (Å²) in [6.07, 6.45) is 2.63. The fourth-order valence-corrected chi connectivity index (χ4v) is 1.87.